The Morgan fingerprint density at radius 1 is 1.36 bits per heavy atom. The highest BCUT2D eigenvalue weighted by molar-refractivity contribution is 5.94. The Hall–Kier alpha value is -2.70. The molecule has 7 nitrogen and oxygen atoms in total. The highest BCUT2D eigenvalue weighted by Gasteiger charge is 2.09. The molecule has 114 valence electrons. The molecule has 0 saturated heterocycles. The minimum atomic E-state index is -0.0271. The first-order chi connectivity index (χ1) is 10.6. The topological polar surface area (TPSA) is 96.7 Å². The molecule has 0 radical (unpaired) electrons. The summed E-state index contributed by atoms with van der Waals surface area (Å²) >= 11 is 0. The number of fused-ring (bicyclic) bond motifs is 1. The summed E-state index contributed by atoms with van der Waals surface area (Å²) in [5.41, 5.74) is 2.72. The van der Waals surface area contributed by atoms with Gasteiger partial charge in [-0.05, 0) is 44.0 Å². The van der Waals surface area contributed by atoms with E-state index in [1.165, 1.54) is 0 Å². The monoisotopic (exact) mass is 299 g/mol. The number of rotatable bonds is 5. The number of tetrazole rings is 1. The summed E-state index contributed by atoms with van der Waals surface area (Å²) in [7, 11) is 0. The van der Waals surface area contributed by atoms with Crippen LogP contribution in [0.25, 0.3) is 11.0 Å². The quantitative estimate of drug-likeness (QED) is 0.754. The zero-order chi connectivity index (χ0) is 15.5. The second-order valence-corrected chi connectivity index (χ2v) is 5.22. The largest absolute Gasteiger partial charge is 0.461 e. The van der Waals surface area contributed by atoms with Crippen LogP contribution in [0.5, 0.6) is 0 Å². The van der Waals surface area contributed by atoms with E-state index in [-0.39, 0.29) is 5.91 Å². The van der Waals surface area contributed by atoms with Crippen molar-refractivity contribution in [2.45, 2.75) is 33.1 Å². The molecule has 1 amide bonds. The molecule has 0 atom stereocenters. The number of hydrogen-bond acceptors (Lipinski definition) is 5. The van der Waals surface area contributed by atoms with Crippen molar-refractivity contribution in [3.63, 3.8) is 0 Å². The summed E-state index contributed by atoms with van der Waals surface area (Å²) in [6.07, 6.45) is 1.72. The minimum Gasteiger partial charge on any atom is -0.461 e. The predicted molar refractivity (Wildman–Crippen MR) is 81.4 cm³/mol. The fourth-order valence-electron chi connectivity index (χ4n) is 2.34. The molecule has 2 heterocycles. The number of H-pyrrole nitrogens is 1. The van der Waals surface area contributed by atoms with E-state index in [4.69, 9.17) is 4.42 Å². The molecule has 3 rings (SSSR count). The standard InChI is InChI=1S/C15H17N5O2/c1-9-10(2)22-13-7-6-11(8-12(9)13)16-15(21)5-3-4-14-17-19-20-18-14/h6-8H,3-5H2,1-2H3,(H,16,21)(H,17,18,19,20). The average Bonchev–Trinajstić information content (AvgIpc) is 3.09. The number of furan rings is 1. The maximum Gasteiger partial charge on any atom is 0.224 e. The number of carbonyl (C=O) groups is 1. The van der Waals surface area contributed by atoms with Crippen LogP contribution in [-0.2, 0) is 11.2 Å². The Morgan fingerprint density at radius 3 is 3.00 bits per heavy atom. The van der Waals surface area contributed by atoms with E-state index in [9.17, 15) is 4.79 Å². The molecule has 0 saturated carbocycles. The Morgan fingerprint density at radius 2 is 2.23 bits per heavy atom. The molecule has 0 bridgehead atoms. The third kappa shape index (κ3) is 2.98. The number of amides is 1. The van der Waals surface area contributed by atoms with Gasteiger partial charge >= 0.3 is 0 Å². The Bertz CT molecular complexity index is 792. The van der Waals surface area contributed by atoms with Gasteiger partial charge in [0.2, 0.25) is 5.91 Å². The third-order valence-corrected chi connectivity index (χ3v) is 3.65. The van der Waals surface area contributed by atoms with Crippen molar-refractivity contribution in [3.8, 4) is 0 Å². The van der Waals surface area contributed by atoms with E-state index >= 15 is 0 Å². The van der Waals surface area contributed by atoms with E-state index in [0.29, 0.717) is 25.1 Å². The Balaban J connectivity index is 1.60. The summed E-state index contributed by atoms with van der Waals surface area (Å²) < 4.78 is 5.63. The molecule has 0 spiro atoms. The van der Waals surface area contributed by atoms with Crippen molar-refractivity contribution in [1.29, 1.82) is 0 Å². The summed E-state index contributed by atoms with van der Waals surface area (Å²) in [5.74, 6) is 1.50. The average molecular weight is 299 g/mol. The zero-order valence-electron chi connectivity index (χ0n) is 12.5. The fraction of sp³-hybridized carbons (Fsp3) is 0.333. The number of anilines is 1. The van der Waals surface area contributed by atoms with Gasteiger partial charge in [0.1, 0.15) is 11.3 Å². The lowest BCUT2D eigenvalue weighted by Crippen LogP contribution is -2.11. The first-order valence-electron chi connectivity index (χ1n) is 7.15. The molecular formula is C15H17N5O2. The second kappa shape index (κ2) is 5.97. The molecule has 7 heteroatoms. The summed E-state index contributed by atoms with van der Waals surface area (Å²) in [6.45, 7) is 3.95. The number of aromatic nitrogens is 4. The lowest BCUT2D eigenvalue weighted by atomic mass is 10.1. The SMILES string of the molecule is Cc1oc2ccc(NC(=O)CCCc3nn[nH]n3)cc2c1C. The third-order valence-electron chi connectivity index (χ3n) is 3.65. The van der Waals surface area contributed by atoms with Crippen molar-refractivity contribution >= 4 is 22.6 Å². The van der Waals surface area contributed by atoms with Gasteiger partial charge in [-0.3, -0.25) is 4.79 Å². The molecule has 3 aromatic rings. The molecular weight excluding hydrogens is 282 g/mol. The number of aryl methyl sites for hydroxylation is 3. The first-order valence-corrected chi connectivity index (χ1v) is 7.15. The molecule has 22 heavy (non-hydrogen) atoms. The van der Waals surface area contributed by atoms with Crippen LogP contribution in [-0.4, -0.2) is 26.5 Å². The van der Waals surface area contributed by atoms with Crippen molar-refractivity contribution < 1.29 is 9.21 Å². The second-order valence-electron chi connectivity index (χ2n) is 5.22. The van der Waals surface area contributed by atoms with Crippen LogP contribution in [0.2, 0.25) is 0 Å². The highest BCUT2D eigenvalue weighted by Crippen LogP contribution is 2.27. The van der Waals surface area contributed by atoms with Gasteiger partial charge in [-0.1, -0.05) is 5.21 Å². The smallest absolute Gasteiger partial charge is 0.224 e. The van der Waals surface area contributed by atoms with E-state index in [1.807, 2.05) is 32.0 Å². The van der Waals surface area contributed by atoms with Crippen molar-refractivity contribution in [2.75, 3.05) is 5.32 Å². The van der Waals surface area contributed by atoms with Crippen LogP contribution in [0, 0.1) is 13.8 Å². The van der Waals surface area contributed by atoms with Crippen LogP contribution in [0.4, 0.5) is 5.69 Å². The van der Waals surface area contributed by atoms with Crippen LogP contribution in [0.3, 0.4) is 0 Å². The van der Waals surface area contributed by atoms with Crippen LogP contribution < -0.4 is 5.32 Å². The van der Waals surface area contributed by atoms with Crippen molar-refractivity contribution in [1.82, 2.24) is 20.6 Å². The van der Waals surface area contributed by atoms with Gasteiger partial charge in [-0.2, -0.15) is 5.21 Å². The maximum absolute atomic E-state index is 12.0. The first kappa shape index (κ1) is 14.2. The number of carbonyl (C=O) groups excluding carboxylic acids is 1. The molecule has 0 aliphatic carbocycles. The van der Waals surface area contributed by atoms with Gasteiger partial charge in [0.25, 0.3) is 0 Å². The van der Waals surface area contributed by atoms with Crippen LogP contribution in [0.15, 0.2) is 22.6 Å². The summed E-state index contributed by atoms with van der Waals surface area (Å²) in [6, 6.07) is 5.67. The van der Waals surface area contributed by atoms with Gasteiger partial charge in [0.05, 0.1) is 0 Å². The number of nitrogens with zero attached hydrogens (tertiary/aromatic N) is 3. The van der Waals surface area contributed by atoms with E-state index in [1.54, 1.807) is 0 Å². The number of aromatic amines is 1. The lowest BCUT2D eigenvalue weighted by Gasteiger charge is -2.04. The summed E-state index contributed by atoms with van der Waals surface area (Å²) in [4.78, 5) is 12.0. The maximum atomic E-state index is 12.0. The van der Waals surface area contributed by atoms with E-state index in [2.05, 4.69) is 25.9 Å². The Kier molecular flexibility index (Phi) is 3.86. The van der Waals surface area contributed by atoms with Gasteiger partial charge in [0.15, 0.2) is 5.82 Å². The van der Waals surface area contributed by atoms with Crippen LogP contribution in [0.1, 0.15) is 30.0 Å². The minimum absolute atomic E-state index is 0.0271. The normalized spacial score (nSPS) is 11.0. The molecule has 1 aromatic carbocycles. The molecule has 0 aliphatic heterocycles. The molecule has 0 unspecified atom stereocenters. The van der Waals surface area contributed by atoms with Gasteiger partial charge in [-0.25, -0.2) is 0 Å². The summed E-state index contributed by atoms with van der Waals surface area (Å²) in [5, 5.41) is 17.5. The molecule has 0 aliphatic rings. The highest BCUT2D eigenvalue weighted by atomic mass is 16.3. The van der Waals surface area contributed by atoms with Gasteiger partial charge < -0.3 is 9.73 Å². The number of hydrogen-bond donors (Lipinski definition) is 2. The molecule has 0 fully saturated rings. The lowest BCUT2D eigenvalue weighted by molar-refractivity contribution is -0.116. The zero-order valence-corrected chi connectivity index (χ0v) is 12.5. The fourth-order valence-corrected chi connectivity index (χ4v) is 2.34. The molecule has 2 N–H and O–H groups in total. The Labute approximate surface area is 127 Å². The van der Waals surface area contributed by atoms with E-state index < -0.39 is 0 Å². The van der Waals surface area contributed by atoms with E-state index in [0.717, 1.165) is 28.0 Å². The number of nitrogens with one attached hydrogen (secondary N) is 2. The molecule has 2 aromatic heterocycles. The van der Waals surface area contributed by atoms with Crippen molar-refractivity contribution in [3.05, 3.63) is 35.3 Å². The van der Waals surface area contributed by atoms with Gasteiger partial charge in [0, 0.05) is 23.9 Å². The number of benzene rings is 1. The van der Waals surface area contributed by atoms with Crippen LogP contribution >= 0.6 is 0 Å². The van der Waals surface area contributed by atoms with Crippen molar-refractivity contribution in [2.24, 2.45) is 0 Å². The van der Waals surface area contributed by atoms with Gasteiger partial charge in [-0.15, -0.1) is 10.2 Å². The predicted octanol–water partition coefficient (Wildman–Crippen LogP) is 2.52.